The maximum atomic E-state index is 5.87. The molecule has 1 rings (SSSR count). The van der Waals surface area contributed by atoms with Crippen LogP contribution in [0.15, 0.2) is 29.3 Å². The number of ether oxygens (including phenoxy) is 2. The second-order valence-corrected chi connectivity index (χ2v) is 6.15. The number of benzene rings is 1. The van der Waals surface area contributed by atoms with Gasteiger partial charge in [-0.25, -0.2) is 4.99 Å². The number of guanidine groups is 1. The molecule has 0 radical (unpaired) electrons. The van der Waals surface area contributed by atoms with Crippen molar-refractivity contribution in [3.8, 4) is 0 Å². The molecule has 1 aromatic rings. The Balaban J connectivity index is 2.45. The number of nitrogens with one attached hydrogen (secondary N) is 1. The van der Waals surface area contributed by atoms with Crippen LogP contribution in [0.3, 0.4) is 0 Å². The van der Waals surface area contributed by atoms with Gasteiger partial charge in [0, 0.05) is 12.1 Å². The fourth-order valence-electron chi connectivity index (χ4n) is 1.87. The van der Waals surface area contributed by atoms with E-state index in [1.165, 1.54) is 0 Å². The number of nitrogens with two attached hydrogens (primary N) is 1. The topological polar surface area (TPSA) is 68.9 Å². The van der Waals surface area contributed by atoms with Crippen LogP contribution in [0, 0.1) is 0 Å². The van der Waals surface area contributed by atoms with Crippen molar-refractivity contribution in [1.29, 1.82) is 0 Å². The smallest absolute Gasteiger partial charge is 0.189 e. The highest BCUT2D eigenvalue weighted by Gasteiger charge is 2.09. The molecule has 0 unspecified atom stereocenters. The zero-order valence-corrected chi connectivity index (χ0v) is 14.2. The van der Waals surface area contributed by atoms with Gasteiger partial charge in [-0.1, -0.05) is 24.3 Å². The highest BCUT2D eigenvalue weighted by molar-refractivity contribution is 5.78. The molecule has 0 saturated carbocycles. The van der Waals surface area contributed by atoms with Crippen LogP contribution < -0.4 is 11.1 Å². The summed E-state index contributed by atoms with van der Waals surface area (Å²) in [6, 6.07) is 8.19. The molecule has 0 atom stereocenters. The summed E-state index contributed by atoms with van der Waals surface area (Å²) >= 11 is 0. The first-order chi connectivity index (χ1) is 10.4. The average Bonchev–Trinajstić information content (AvgIpc) is 2.44. The van der Waals surface area contributed by atoms with E-state index in [-0.39, 0.29) is 5.54 Å². The van der Waals surface area contributed by atoms with Crippen molar-refractivity contribution in [2.75, 3.05) is 19.8 Å². The molecule has 5 nitrogen and oxygen atoms in total. The van der Waals surface area contributed by atoms with E-state index in [4.69, 9.17) is 15.2 Å². The van der Waals surface area contributed by atoms with Crippen LogP contribution in [0.2, 0.25) is 0 Å². The molecule has 0 aliphatic heterocycles. The minimum atomic E-state index is -0.0795. The van der Waals surface area contributed by atoms with Crippen LogP contribution in [0.4, 0.5) is 0 Å². The molecule has 1 aromatic carbocycles. The van der Waals surface area contributed by atoms with Crippen LogP contribution in [0.25, 0.3) is 0 Å². The molecule has 0 heterocycles. The Morgan fingerprint density at radius 2 is 1.86 bits per heavy atom. The Morgan fingerprint density at radius 1 is 1.18 bits per heavy atom. The average molecular weight is 307 g/mol. The molecule has 0 fully saturated rings. The lowest BCUT2D eigenvalue weighted by atomic mass is 10.1. The minimum Gasteiger partial charge on any atom is -0.379 e. The van der Waals surface area contributed by atoms with E-state index in [0.29, 0.717) is 32.3 Å². The van der Waals surface area contributed by atoms with E-state index in [0.717, 1.165) is 17.7 Å². The molecule has 0 amide bonds. The van der Waals surface area contributed by atoms with Crippen molar-refractivity contribution in [2.24, 2.45) is 10.7 Å². The standard InChI is InChI=1S/C17H29N3O2/c1-5-21-9-10-22-13-15-8-6-7-14(11-15)12-19-16(18)20-17(2,3)4/h6-8,11H,5,9-10,12-13H2,1-4H3,(H3,18,19,20). The Kier molecular flexibility index (Phi) is 7.91. The van der Waals surface area contributed by atoms with Crippen molar-refractivity contribution < 1.29 is 9.47 Å². The molecule has 0 spiro atoms. The lowest BCUT2D eigenvalue weighted by molar-refractivity contribution is 0.0453. The predicted octanol–water partition coefficient (Wildman–Crippen LogP) is 2.44. The minimum absolute atomic E-state index is 0.0795. The van der Waals surface area contributed by atoms with Gasteiger partial charge < -0.3 is 20.5 Å². The van der Waals surface area contributed by atoms with Crippen molar-refractivity contribution in [3.05, 3.63) is 35.4 Å². The van der Waals surface area contributed by atoms with E-state index >= 15 is 0 Å². The summed E-state index contributed by atoms with van der Waals surface area (Å²) in [4.78, 5) is 4.36. The van der Waals surface area contributed by atoms with Gasteiger partial charge >= 0.3 is 0 Å². The lowest BCUT2D eigenvalue weighted by Gasteiger charge is -2.21. The third-order valence-electron chi connectivity index (χ3n) is 2.77. The number of hydrogen-bond acceptors (Lipinski definition) is 3. The number of rotatable bonds is 8. The maximum absolute atomic E-state index is 5.87. The normalized spacial score (nSPS) is 12.5. The summed E-state index contributed by atoms with van der Waals surface area (Å²) in [7, 11) is 0. The molecular formula is C17H29N3O2. The SMILES string of the molecule is CCOCCOCc1cccc(CN=C(N)NC(C)(C)C)c1. The molecule has 124 valence electrons. The summed E-state index contributed by atoms with van der Waals surface area (Å²) in [6.07, 6.45) is 0. The van der Waals surface area contributed by atoms with Gasteiger partial charge in [-0.3, -0.25) is 0 Å². The zero-order chi connectivity index (χ0) is 16.4. The second-order valence-electron chi connectivity index (χ2n) is 6.15. The van der Waals surface area contributed by atoms with Gasteiger partial charge in [0.1, 0.15) is 0 Å². The van der Waals surface area contributed by atoms with Gasteiger partial charge in [-0.05, 0) is 38.8 Å². The quantitative estimate of drug-likeness (QED) is 0.440. The Morgan fingerprint density at radius 3 is 2.55 bits per heavy atom. The van der Waals surface area contributed by atoms with Crippen molar-refractivity contribution in [2.45, 2.75) is 46.4 Å². The molecule has 22 heavy (non-hydrogen) atoms. The first-order valence-corrected chi connectivity index (χ1v) is 7.72. The molecule has 5 heteroatoms. The monoisotopic (exact) mass is 307 g/mol. The van der Waals surface area contributed by atoms with Crippen LogP contribution >= 0.6 is 0 Å². The van der Waals surface area contributed by atoms with Gasteiger partial charge in [0.2, 0.25) is 0 Å². The van der Waals surface area contributed by atoms with Gasteiger partial charge in [0.15, 0.2) is 5.96 Å². The van der Waals surface area contributed by atoms with E-state index in [9.17, 15) is 0 Å². The Hall–Kier alpha value is -1.59. The number of aliphatic imine (C=N–C) groups is 1. The van der Waals surface area contributed by atoms with Gasteiger partial charge in [-0.2, -0.15) is 0 Å². The summed E-state index contributed by atoms with van der Waals surface area (Å²) < 4.78 is 10.8. The van der Waals surface area contributed by atoms with E-state index in [2.05, 4.69) is 37.1 Å². The van der Waals surface area contributed by atoms with Crippen molar-refractivity contribution in [3.63, 3.8) is 0 Å². The molecular weight excluding hydrogens is 278 g/mol. The molecule has 0 aliphatic rings. The molecule has 0 aliphatic carbocycles. The van der Waals surface area contributed by atoms with Crippen LogP contribution in [-0.4, -0.2) is 31.3 Å². The number of hydrogen-bond donors (Lipinski definition) is 2. The Labute approximate surface area is 133 Å². The predicted molar refractivity (Wildman–Crippen MR) is 90.8 cm³/mol. The highest BCUT2D eigenvalue weighted by Crippen LogP contribution is 2.08. The van der Waals surface area contributed by atoms with Crippen LogP contribution in [-0.2, 0) is 22.6 Å². The Bertz CT molecular complexity index is 467. The van der Waals surface area contributed by atoms with Crippen molar-refractivity contribution >= 4 is 5.96 Å². The highest BCUT2D eigenvalue weighted by atomic mass is 16.5. The molecule has 0 aromatic heterocycles. The van der Waals surface area contributed by atoms with Gasteiger partial charge in [0.05, 0.1) is 26.4 Å². The summed E-state index contributed by atoms with van der Waals surface area (Å²) in [5.74, 6) is 0.464. The van der Waals surface area contributed by atoms with Crippen LogP contribution in [0.1, 0.15) is 38.8 Å². The maximum Gasteiger partial charge on any atom is 0.189 e. The summed E-state index contributed by atoms with van der Waals surface area (Å²) in [5.41, 5.74) is 8.04. The third-order valence-corrected chi connectivity index (χ3v) is 2.77. The van der Waals surface area contributed by atoms with Gasteiger partial charge in [0.25, 0.3) is 0 Å². The fraction of sp³-hybridized carbons (Fsp3) is 0.588. The van der Waals surface area contributed by atoms with Gasteiger partial charge in [-0.15, -0.1) is 0 Å². The summed E-state index contributed by atoms with van der Waals surface area (Å²) in [5, 5.41) is 3.15. The first-order valence-electron chi connectivity index (χ1n) is 7.72. The summed E-state index contributed by atoms with van der Waals surface area (Å²) in [6.45, 7) is 11.2. The largest absolute Gasteiger partial charge is 0.379 e. The molecule has 0 bridgehead atoms. The lowest BCUT2D eigenvalue weighted by Crippen LogP contribution is -2.44. The molecule has 0 saturated heterocycles. The van der Waals surface area contributed by atoms with E-state index in [1.54, 1.807) is 0 Å². The second kappa shape index (κ2) is 9.43. The zero-order valence-electron chi connectivity index (χ0n) is 14.2. The third kappa shape index (κ3) is 8.64. The van der Waals surface area contributed by atoms with E-state index < -0.39 is 0 Å². The number of nitrogens with zero attached hydrogens (tertiary/aromatic N) is 1. The van der Waals surface area contributed by atoms with Crippen LogP contribution in [0.5, 0.6) is 0 Å². The van der Waals surface area contributed by atoms with Crippen molar-refractivity contribution in [1.82, 2.24) is 5.32 Å². The van der Waals surface area contributed by atoms with E-state index in [1.807, 2.05) is 25.1 Å². The fourth-order valence-corrected chi connectivity index (χ4v) is 1.87. The molecule has 3 N–H and O–H groups in total. The first kappa shape index (κ1) is 18.5.